The number of rotatable bonds is 5. The summed E-state index contributed by atoms with van der Waals surface area (Å²) < 4.78 is 66.8. The second kappa shape index (κ2) is 6.88. The van der Waals surface area contributed by atoms with Crippen molar-refractivity contribution in [3.63, 3.8) is 0 Å². The van der Waals surface area contributed by atoms with Gasteiger partial charge in [-0.05, 0) is 55.7 Å². The first-order valence-corrected chi connectivity index (χ1v) is 11.2. The monoisotopic (exact) mass is 398 g/mol. The summed E-state index contributed by atoms with van der Waals surface area (Å²) >= 11 is 0. The van der Waals surface area contributed by atoms with E-state index in [0.717, 1.165) is 11.6 Å². The Morgan fingerprint density at radius 3 is 2.54 bits per heavy atom. The van der Waals surface area contributed by atoms with E-state index in [2.05, 4.69) is 4.72 Å². The van der Waals surface area contributed by atoms with Crippen molar-refractivity contribution in [2.24, 2.45) is 0 Å². The molecule has 1 aliphatic heterocycles. The number of benzene rings is 2. The molecule has 1 N–H and O–H groups in total. The van der Waals surface area contributed by atoms with Gasteiger partial charge in [-0.3, -0.25) is 9.03 Å². The van der Waals surface area contributed by atoms with E-state index < -0.39 is 30.8 Å². The number of hydrogen-bond donors (Lipinski definition) is 1. The number of nitrogens with one attached hydrogen (secondary N) is 1. The summed E-state index contributed by atoms with van der Waals surface area (Å²) in [6, 6.07) is 9.79. The average molecular weight is 398 g/mol. The van der Waals surface area contributed by atoms with Crippen molar-refractivity contribution in [3.8, 4) is 0 Å². The van der Waals surface area contributed by atoms with E-state index in [1.165, 1.54) is 28.6 Å². The fourth-order valence-corrected chi connectivity index (χ4v) is 5.27. The van der Waals surface area contributed by atoms with Crippen LogP contribution >= 0.6 is 0 Å². The normalized spacial score (nSPS) is 14.8. The van der Waals surface area contributed by atoms with Crippen LogP contribution in [0.4, 0.5) is 15.8 Å². The zero-order chi connectivity index (χ0) is 18.9. The van der Waals surface area contributed by atoms with Crippen LogP contribution < -0.4 is 9.03 Å². The number of sulfonamides is 2. The molecule has 140 valence electrons. The van der Waals surface area contributed by atoms with E-state index in [0.29, 0.717) is 25.1 Å². The fraction of sp³-hybridized carbons (Fsp3) is 0.294. The Kier molecular flexibility index (Phi) is 4.94. The third kappa shape index (κ3) is 3.54. The van der Waals surface area contributed by atoms with Gasteiger partial charge in [0, 0.05) is 12.2 Å². The first-order chi connectivity index (χ1) is 12.2. The van der Waals surface area contributed by atoms with E-state index in [-0.39, 0.29) is 11.4 Å². The van der Waals surface area contributed by atoms with Gasteiger partial charge in [0.05, 0.1) is 11.4 Å². The van der Waals surface area contributed by atoms with Crippen LogP contribution in [0.15, 0.2) is 47.4 Å². The SMILES string of the molecule is CCS(=O)(=O)N1CCCc2cc(NS(=O)(=O)c3ccccc3F)ccc21. The van der Waals surface area contributed by atoms with Crippen LogP contribution in [0.1, 0.15) is 18.9 Å². The Morgan fingerprint density at radius 2 is 1.85 bits per heavy atom. The first kappa shape index (κ1) is 18.7. The minimum atomic E-state index is -4.07. The highest BCUT2D eigenvalue weighted by Crippen LogP contribution is 2.32. The number of halogens is 1. The van der Waals surface area contributed by atoms with Gasteiger partial charge in [0.1, 0.15) is 10.7 Å². The highest BCUT2D eigenvalue weighted by Gasteiger charge is 2.27. The molecule has 0 saturated carbocycles. The molecule has 3 rings (SSSR count). The van der Waals surface area contributed by atoms with Crippen LogP contribution in [0, 0.1) is 5.82 Å². The van der Waals surface area contributed by atoms with Gasteiger partial charge in [0.2, 0.25) is 10.0 Å². The van der Waals surface area contributed by atoms with Gasteiger partial charge in [0.25, 0.3) is 10.0 Å². The lowest BCUT2D eigenvalue weighted by atomic mass is 10.0. The van der Waals surface area contributed by atoms with Crippen molar-refractivity contribution in [1.82, 2.24) is 0 Å². The molecule has 6 nitrogen and oxygen atoms in total. The van der Waals surface area contributed by atoms with Crippen LogP contribution in [-0.4, -0.2) is 29.1 Å². The summed E-state index contributed by atoms with van der Waals surface area (Å²) in [5, 5.41) is 0. The first-order valence-electron chi connectivity index (χ1n) is 8.15. The maximum Gasteiger partial charge on any atom is 0.264 e. The standard InChI is InChI=1S/C17H19FN2O4S2/c1-2-25(21,22)20-11-5-6-13-12-14(9-10-16(13)20)19-26(23,24)17-8-4-3-7-15(17)18/h3-4,7-10,12,19H,2,5-6,11H2,1H3. The van der Waals surface area contributed by atoms with E-state index in [4.69, 9.17) is 0 Å². The lowest BCUT2D eigenvalue weighted by molar-refractivity contribution is 0.570. The van der Waals surface area contributed by atoms with Crippen LogP contribution in [-0.2, 0) is 26.5 Å². The molecule has 0 amide bonds. The molecule has 0 radical (unpaired) electrons. The molecule has 0 atom stereocenters. The smallest absolute Gasteiger partial charge is 0.264 e. The fourth-order valence-electron chi connectivity index (χ4n) is 2.94. The van der Waals surface area contributed by atoms with E-state index in [1.807, 2.05) is 0 Å². The van der Waals surface area contributed by atoms with Gasteiger partial charge >= 0.3 is 0 Å². The molecular formula is C17H19FN2O4S2. The molecule has 26 heavy (non-hydrogen) atoms. The molecular weight excluding hydrogens is 379 g/mol. The maximum atomic E-state index is 13.8. The summed E-state index contributed by atoms with van der Waals surface area (Å²) in [7, 11) is -7.46. The minimum absolute atomic E-state index is 0.00585. The Morgan fingerprint density at radius 1 is 1.12 bits per heavy atom. The number of nitrogens with zero attached hydrogens (tertiary/aromatic N) is 1. The average Bonchev–Trinajstić information content (AvgIpc) is 2.60. The van der Waals surface area contributed by atoms with Crippen LogP contribution in [0.3, 0.4) is 0 Å². The Hall–Kier alpha value is -2.13. The molecule has 0 bridgehead atoms. The second-order valence-electron chi connectivity index (χ2n) is 5.96. The Labute approximate surface area is 152 Å². The predicted octanol–water partition coefficient (Wildman–Crippen LogP) is 2.73. The van der Waals surface area contributed by atoms with E-state index in [9.17, 15) is 21.2 Å². The molecule has 0 unspecified atom stereocenters. The van der Waals surface area contributed by atoms with Crippen LogP contribution in [0.2, 0.25) is 0 Å². The Balaban J connectivity index is 1.94. The summed E-state index contributed by atoms with van der Waals surface area (Å²) in [6.45, 7) is 1.99. The molecule has 1 heterocycles. The highest BCUT2D eigenvalue weighted by molar-refractivity contribution is 7.93. The molecule has 9 heteroatoms. The third-order valence-corrected chi connectivity index (χ3v) is 7.43. The number of aryl methyl sites for hydroxylation is 1. The maximum absolute atomic E-state index is 13.8. The van der Waals surface area contributed by atoms with E-state index >= 15 is 0 Å². The zero-order valence-corrected chi connectivity index (χ0v) is 15.8. The third-order valence-electron chi connectivity index (χ3n) is 4.23. The molecule has 2 aromatic rings. The molecule has 0 aromatic heterocycles. The lowest BCUT2D eigenvalue weighted by Crippen LogP contribution is -2.36. The van der Waals surface area contributed by atoms with Gasteiger partial charge in [-0.2, -0.15) is 0 Å². The Bertz CT molecular complexity index is 1040. The van der Waals surface area contributed by atoms with Crippen molar-refractivity contribution in [2.75, 3.05) is 21.3 Å². The minimum Gasteiger partial charge on any atom is -0.280 e. The molecule has 0 spiro atoms. The van der Waals surface area contributed by atoms with Crippen molar-refractivity contribution in [2.45, 2.75) is 24.7 Å². The molecule has 0 fully saturated rings. The second-order valence-corrected chi connectivity index (χ2v) is 9.79. The van der Waals surface area contributed by atoms with Crippen molar-refractivity contribution >= 4 is 31.4 Å². The van der Waals surface area contributed by atoms with Crippen molar-refractivity contribution in [1.29, 1.82) is 0 Å². The summed E-state index contributed by atoms with van der Waals surface area (Å²) in [4.78, 5) is -0.437. The summed E-state index contributed by atoms with van der Waals surface area (Å²) in [6.07, 6.45) is 1.29. The lowest BCUT2D eigenvalue weighted by Gasteiger charge is -2.30. The van der Waals surface area contributed by atoms with Gasteiger partial charge in [0.15, 0.2) is 0 Å². The van der Waals surface area contributed by atoms with Crippen LogP contribution in [0.5, 0.6) is 0 Å². The number of fused-ring (bicyclic) bond motifs is 1. The number of anilines is 2. The van der Waals surface area contributed by atoms with Crippen LogP contribution in [0.25, 0.3) is 0 Å². The quantitative estimate of drug-likeness (QED) is 0.839. The predicted molar refractivity (Wildman–Crippen MR) is 98.8 cm³/mol. The van der Waals surface area contributed by atoms with Crippen molar-refractivity contribution in [3.05, 3.63) is 53.8 Å². The van der Waals surface area contributed by atoms with Crippen molar-refractivity contribution < 1.29 is 21.2 Å². The molecule has 0 aliphatic carbocycles. The van der Waals surface area contributed by atoms with E-state index in [1.54, 1.807) is 19.1 Å². The number of hydrogen-bond acceptors (Lipinski definition) is 4. The molecule has 1 aliphatic rings. The molecule has 0 saturated heterocycles. The van der Waals surface area contributed by atoms with Gasteiger partial charge in [-0.15, -0.1) is 0 Å². The van der Waals surface area contributed by atoms with Gasteiger partial charge in [-0.1, -0.05) is 12.1 Å². The topological polar surface area (TPSA) is 83.6 Å². The summed E-state index contributed by atoms with van der Waals surface area (Å²) in [5.74, 6) is -0.841. The molecule has 2 aromatic carbocycles. The highest BCUT2D eigenvalue weighted by atomic mass is 32.2. The van der Waals surface area contributed by atoms with Gasteiger partial charge in [-0.25, -0.2) is 21.2 Å². The summed E-state index contributed by atoms with van der Waals surface area (Å²) in [5.41, 5.74) is 1.57. The largest absolute Gasteiger partial charge is 0.280 e. The van der Waals surface area contributed by atoms with Gasteiger partial charge < -0.3 is 0 Å². The zero-order valence-electron chi connectivity index (χ0n) is 14.1.